The molecule has 2 unspecified atom stereocenters. The Hall–Kier alpha value is -2.57. The van der Waals surface area contributed by atoms with E-state index < -0.39 is 0 Å². The smallest absolute Gasteiger partial charge is 0.198 e. The van der Waals surface area contributed by atoms with Crippen LogP contribution in [-0.4, -0.2) is 50.8 Å². The second-order valence-electron chi connectivity index (χ2n) is 9.11. The van der Waals surface area contributed by atoms with Crippen LogP contribution in [0.2, 0.25) is 0 Å². The third-order valence-electron chi connectivity index (χ3n) is 6.95. The molecule has 33 heavy (non-hydrogen) atoms. The molecule has 0 radical (unpaired) electrons. The quantitative estimate of drug-likeness (QED) is 0.479. The number of ether oxygens (including phenoxy) is 3. The number of hydrogen-bond acceptors (Lipinski definition) is 6. The molecule has 176 valence electrons. The van der Waals surface area contributed by atoms with E-state index >= 15 is 0 Å². The molecule has 0 spiro atoms. The van der Waals surface area contributed by atoms with E-state index in [1.165, 1.54) is 25.7 Å². The van der Waals surface area contributed by atoms with Crippen LogP contribution in [0.1, 0.15) is 61.4 Å². The molecule has 0 bridgehead atoms. The predicted octanol–water partition coefficient (Wildman–Crippen LogP) is 4.34. The van der Waals surface area contributed by atoms with E-state index in [2.05, 4.69) is 10.6 Å². The van der Waals surface area contributed by atoms with E-state index in [-0.39, 0.29) is 5.78 Å². The first kappa shape index (κ1) is 22.2. The minimum absolute atomic E-state index is 0.0153. The Labute approximate surface area is 196 Å². The highest BCUT2D eigenvalue weighted by Crippen LogP contribution is 2.50. The van der Waals surface area contributed by atoms with Crippen molar-refractivity contribution in [1.29, 1.82) is 0 Å². The minimum atomic E-state index is -0.0153. The van der Waals surface area contributed by atoms with Crippen LogP contribution in [0.4, 0.5) is 0 Å². The van der Waals surface area contributed by atoms with Gasteiger partial charge in [-0.15, -0.1) is 0 Å². The lowest BCUT2D eigenvalue weighted by molar-refractivity contribution is 0.103. The molecule has 0 aromatic heterocycles. The van der Waals surface area contributed by atoms with Gasteiger partial charge in [0.2, 0.25) is 0 Å². The molecular formula is C27H34N2O4. The van der Waals surface area contributed by atoms with Crippen molar-refractivity contribution in [2.45, 2.75) is 57.5 Å². The zero-order valence-corrected chi connectivity index (χ0v) is 19.5. The average molecular weight is 451 g/mol. The summed E-state index contributed by atoms with van der Waals surface area (Å²) in [7, 11) is 0. The number of hydrogen-bond donors (Lipinski definition) is 2. The van der Waals surface area contributed by atoms with Crippen molar-refractivity contribution >= 4 is 5.78 Å². The highest BCUT2D eigenvalue weighted by Gasteiger charge is 2.35. The molecule has 0 saturated carbocycles. The molecule has 6 heteroatoms. The van der Waals surface area contributed by atoms with Gasteiger partial charge in [-0.05, 0) is 76.7 Å². The summed E-state index contributed by atoms with van der Waals surface area (Å²) in [6, 6.07) is 10.6. The number of carbonyl (C=O) groups excluding carboxylic acids is 1. The van der Waals surface area contributed by atoms with Crippen LogP contribution in [0, 0.1) is 0 Å². The number of rotatable bonds is 10. The average Bonchev–Trinajstić information content (AvgIpc) is 3.58. The largest absolute Gasteiger partial charge is 0.493 e. The van der Waals surface area contributed by atoms with Crippen molar-refractivity contribution in [3.63, 3.8) is 0 Å². The first-order chi connectivity index (χ1) is 16.3. The summed E-state index contributed by atoms with van der Waals surface area (Å²) in [5, 5.41) is 7.02. The summed E-state index contributed by atoms with van der Waals surface area (Å²) >= 11 is 0. The molecule has 2 aromatic carbocycles. The SMILES string of the molecule is CCOc1ccc(OCCC2CCCN2)c2c1-c1c(OCCC3CCCN3)cccc1C2=O. The fourth-order valence-electron chi connectivity index (χ4n) is 5.30. The molecule has 2 heterocycles. The van der Waals surface area contributed by atoms with Crippen LogP contribution in [0.25, 0.3) is 11.1 Å². The number of fused-ring (bicyclic) bond motifs is 3. The zero-order chi connectivity index (χ0) is 22.6. The Kier molecular flexibility index (Phi) is 6.83. The first-order valence-corrected chi connectivity index (χ1v) is 12.5. The Morgan fingerprint density at radius 3 is 1.97 bits per heavy atom. The number of ketones is 1. The van der Waals surface area contributed by atoms with Crippen LogP contribution in [0.3, 0.4) is 0 Å². The molecule has 0 amide bonds. The van der Waals surface area contributed by atoms with E-state index in [4.69, 9.17) is 14.2 Å². The van der Waals surface area contributed by atoms with Gasteiger partial charge in [-0.25, -0.2) is 0 Å². The summed E-state index contributed by atoms with van der Waals surface area (Å²) in [4.78, 5) is 13.5. The fraction of sp³-hybridized carbons (Fsp3) is 0.519. The second kappa shape index (κ2) is 10.1. The number of carbonyl (C=O) groups is 1. The minimum Gasteiger partial charge on any atom is -0.493 e. The molecule has 2 fully saturated rings. The topological polar surface area (TPSA) is 68.8 Å². The van der Waals surface area contributed by atoms with Gasteiger partial charge in [0.1, 0.15) is 17.2 Å². The lowest BCUT2D eigenvalue weighted by Gasteiger charge is -2.17. The monoisotopic (exact) mass is 450 g/mol. The molecule has 2 N–H and O–H groups in total. The third-order valence-corrected chi connectivity index (χ3v) is 6.95. The van der Waals surface area contributed by atoms with Gasteiger partial charge in [0, 0.05) is 28.8 Å². The van der Waals surface area contributed by atoms with Crippen LogP contribution in [0.15, 0.2) is 30.3 Å². The van der Waals surface area contributed by atoms with Crippen molar-refractivity contribution < 1.29 is 19.0 Å². The van der Waals surface area contributed by atoms with Crippen LogP contribution in [-0.2, 0) is 0 Å². The maximum absolute atomic E-state index is 13.5. The van der Waals surface area contributed by atoms with Gasteiger partial charge < -0.3 is 24.8 Å². The van der Waals surface area contributed by atoms with Gasteiger partial charge in [0.05, 0.1) is 25.4 Å². The highest BCUT2D eigenvalue weighted by atomic mass is 16.5. The predicted molar refractivity (Wildman–Crippen MR) is 129 cm³/mol. The Bertz CT molecular complexity index is 994. The standard InChI is InChI=1S/C27H34N2O4/c1-2-31-22-10-11-23(33-17-13-19-7-5-15-29-19)26-25(22)24-20(27(26)30)8-3-9-21(24)32-16-12-18-6-4-14-28-18/h3,8-11,18-19,28-29H,2,4-7,12-17H2,1H3. The highest BCUT2D eigenvalue weighted by molar-refractivity contribution is 6.25. The summed E-state index contributed by atoms with van der Waals surface area (Å²) in [5.74, 6) is 2.07. The summed E-state index contributed by atoms with van der Waals surface area (Å²) in [6.45, 7) is 5.85. The van der Waals surface area contributed by atoms with Gasteiger partial charge in [0.25, 0.3) is 0 Å². The lowest BCUT2D eigenvalue weighted by atomic mass is 10.0. The molecule has 2 saturated heterocycles. The summed E-state index contributed by atoms with van der Waals surface area (Å²) in [5.41, 5.74) is 2.91. The van der Waals surface area contributed by atoms with E-state index in [9.17, 15) is 4.79 Å². The maximum atomic E-state index is 13.5. The summed E-state index contributed by atoms with van der Waals surface area (Å²) in [6.07, 6.45) is 6.73. The second-order valence-corrected chi connectivity index (χ2v) is 9.11. The molecule has 6 nitrogen and oxygen atoms in total. The van der Waals surface area contributed by atoms with Gasteiger partial charge in [0.15, 0.2) is 5.78 Å². The van der Waals surface area contributed by atoms with Crippen LogP contribution < -0.4 is 24.8 Å². The van der Waals surface area contributed by atoms with Crippen molar-refractivity contribution in [3.05, 3.63) is 41.5 Å². The lowest BCUT2D eigenvalue weighted by Crippen LogP contribution is -2.23. The molecule has 2 atom stereocenters. The maximum Gasteiger partial charge on any atom is 0.198 e. The fourth-order valence-corrected chi connectivity index (χ4v) is 5.30. The van der Waals surface area contributed by atoms with E-state index in [1.54, 1.807) is 0 Å². The molecular weight excluding hydrogens is 416 g/mol. The van der Waals surface area contributed by atoms with E-state index in [0.29, 0.717) is 54.5 Å². The van der Waals surface area contributed by atoms with E-state index in [1.807, 2.05) is 37.3 Å². The van der Waals surface area contributed by atoms with Crippen molar-refractivity contribution in [3.8, 4) is 28.4 Å². The molecule has 2 aliphatic heterocycles. The van der Waals surface area contributed by atoms with Crippen molar-refractivity contribution in [2.24, 2.45) is 0 Å². The number of nitrogens with one attached hydrogen (secondary N) is 2. The van der Waals surface area contributed by atoms with Crippen LogP contribution in [0.5, 0.6) is 17.2 Å². The van der Waals surface area contributed by atoms with Crippen molar-refractivity contribution in [1.82, 2.24) is 10.6 Å². The zero-order valence-electron chi connectivity index (χ0n) is 19.5. The Balaban J connectivity index is 1.41. The Morgan fingerprint density at radius 2 is 1.39 bits per heavy atom. The first-order valence-electron chi connectivity index (χ1n) is 12.5. The third kappa shape index (κ3) is 4.59. The normalized spacial score (nSPS) is 21.2. The molecule has 5 rings (SSSR count). The van der Waals surface area contributed by atoms with Gasteiger partial charge >= 0.3 is 0 Å². The van der Waals surface area contributed by atoms with Gasteiger partial charge in [-0.2, -0.15) is 0 Å². The Morgan fingerprint density at radius 1 is 0.788 bits per heavy atom. The van der Waals surface area contributed by atoms with E-state index in [0.717, 1.165) is 42.8 Å². The molecule has 3 aliphatic rings. The summed E-state index contributed by atoms with van der Waals surface area (Å²) < 4.78 is 18.4. The van der Waals surface area contributed by atoms with Crippen molar-refractivity contribution in [2.75, 3.05) is 32.9 Å². The number of benzene rings is 2. The van der Waals surface area contributed by atoms with Crippen LogP contribution >= 0.6 is 0 Å². The van der Waals surface area contributed by atoms with Gasteiger partial charge in [-0.3, -0.25) is 4.79 Å². The van der Waals surface area contributed by atoms with Gasteiger partial charge in [-0.1, -0.05) is 12.1 Å². The molecule has 2 aromatic rings. The molecule has 1 aliphatic carbocycles.